The molecule has 0 unspecified atom stereocenters. The number of carbonyl (C=O) groups is 1. The van der Waals surface area contributed by atoms with Crippen molar-refractivity contribution in [1.29, 1.82) is 0 Å². The van der Waals surface area contributed by atoms with Crippen molar-refractivity contribution in [1.82, 2.24) is 14.9 Å². The average Bonchev–Trinajstić information content (AvgIpc) is 3.76. The van der Waals surface area contributed by atoms with E-state index in [1.807, 2.05) is 29.2 Å². The van der Waals surface area contributed by atoms with Crippen LogP contribution in [-0.2, 0) is 6.42 Å². The van der Waals surface area contributed by atoms with Crippen LogP contribution in [0.15, 0.2) is 78.9 Å². The van der Waals surface area contributed by atoms with Gasteiger partial charge in [0.25, 0.3) is 5.91 Å². The number of aryl methyl sites for hydroxylation is 1. The zero-order chi connectivity index (χ0) is 23.6. The number of hydrogen-bond acceptors (Lipinski definition) is 3. The second kappa shape index (κ2) is 9.61. The molecule has 1 aliphatic carbocycles. The first-order valence-electron chi connectivity index (χ1n) is 12.9. The van der Waals surface area contributed by atoms with Crippen LogP contribution in [0.5, 0.6) is 0 Å². The number of carbonyl (C=O) groups excluding carboxylic acids is 1. The van der Waals surface area contributed by atoms with E-state index in [-0.39, 0.29) is 5.91 Å². The van der Waals surface area contributed by atoms with E-state index in [9.17, 15) is 4.79 Å². The lowest BCUT2D eigenvalue weighted by molar-refractivity contribution is 0.0713. The van der Waals surface area contributed by atoms with Crippen LogP contribution < -0.4 is 0 Å². The van der Waals surface area contributed by atoms with Crippen molar-refractivity contribution >= 4 is 16.9 Å². The van der Waals surface area contributed by atoms with Gasteiger partial charge in [-0.2, -0.15) is 0 Å². The number of rotatable bonds is 6. The Kier molecular flexibility index (Phi) is 6.03. The minimum absolute atomic E-state index is 0.104. The summed E-state index contributed by atoms with van der Waals surface area (Å²) in [6.07, 6.45) is 6.78. The predicted octanol–water partition coefficient (Wildman–Crippen LogP) is 6.66. The van der Waals surface area contributed by atoms with Gasteiger partial charge in [0.2, 0.25) is 0 Å². The van der Waals surface area contributed by atoms with Crippen molar-refractivity contribution in [2.45, 2.75) is 44.4 Å². The molecule has 4 heteroatoms. The van der Waals surface area contributed by atoms with Gasteiger partial charge < -0.3 is 4.90 Å². The van der Waals surface area contributed by atoms with Gasteiger partial charge >= 0.3 is 0 Å². The Bertz CT molecular complexity index is 1320. The molecule has 1 saturated carbocycles. The van der Waals surface area contributed by atoms with E-state index < -0.39 is 0 Å². The molecule has 0 spiro atoms. The highest BCUT2D eigenvalue weighted by atomic mass is 16.2. The monoisotopic (exact) mass is 461 g/mol. The quantitative estimate of drug-likeness (QED) is 0.323. The number of amides is 1. The van der Waals surface area contributed by atoms with Crippen LogP contribution >= 0.6 is 0 Å². The summed E-state index contributed by atoms with van der Waals surface area (Å²) >= 11 is 0. The normalized spacial score (nSPS) is 16.5. The summed E-state index contributed by atoms with van der Waals surface area (Å²) in [6.45, 7) is 1.59. The van der Waals surface area contributed by atoms with Crippen LogP contribution in [0, 0.1) is 5.92 Å². The molecule has 2 aliphatic rings. The van der Waals surface area contributed by atoms with Crippen LogP contribution in [0.3, 0.4) is 0 Å². The Morgan fingerprint density at radius 3 is 2.23 bits per heavy atom. The third kappa shape index (κ3) is 4.84. The van der Waals surface area contributed by atoms with Crippen LogP contribution in [0.4, 0.5) is 0 Å². The maximum absolute atomic E-state index is 13.4. The van der Waals surface area contributed by atoms with Crippen molar-refractivity contribution in [2.75, 3.05) is 13.1 Å². The fourth-order valence-corrected chi connectivity index (χ4v) is 5.30. The zero-order valence-corrected chi connectivity index (χ0v) is 20.1. The summed E-state index contributed by atoms with van der Waals surface area (Å²) in [6, 6.07) is 26.8. The van der Waals surface area contributed by atoms with Crippen LogP contribution in [-0.4, -0.2) is 33.9 Å². The summed E-state index contributed by atoms with van der Waals surface area (Å²) in [7, 11) is 0. The molecule has 4 nitrogen and oxygen atoms in total. The minimum atomic E-state index is 0.104. The minimum Gasteiger partial charge on any atom is -0.339 e. The highest BCUT2D eigenvalue weighted by molar-refractivity contribution is 5.97. The molecule has 2 fully saturated rings. The number of fused-ring (bicyclic) bond motifs is 1. The first kappa shape index (κ1) is 22.0. The highest BCUT2D eigenvalue weighted by Crippen LogP contribution is 2.35. The molecular weight excluding hydrogens is 430 g/mol. The standard InChI is InChI=1S/C31H31N3O/c35-31(34-19-17-24(18-20-34)23-7-3-1-4-8-23)26-14-16-27-29(21-26)32-28(15-13-22-11-12-22)30(33-27)25-9-5-2-6-10-25/h1-10,14,16,21-22,24H,11-13,15,17-20H2. The van der Waals surface area contributed by atoms with Gasteiger partial charge in [-0.05, 0) is 61.3 Å². The smallest absolute Gasteiger partial charge is 0.253 e. The largest absolute Gasteiger partial charge is 0.339 e. The second-order valence-corrected chi connectivity index (χ2v) is 10.0. The average molecular weight is 462 g/mol. The fourth-order valence-electron chi connectivity index (χ4n) is 5.30. The third-order valence-corrected chi connectivity index (χ3v) is 7.57. The molecule has 1 amide bonds. The van der Waals surface area contributed by atoms with E-state index in [0.717, 1.165) is 72.7 Å². The Morgan fingerprint density at radius 1 is 0.800 bits per heavy atom. The van der Waals surface area contributed by atoms with Gasteiger partial charge in [0, 0.05) is 24.2 Å². The van der Waals surface area contributed by atoms with Crippen LogP contribution in [0.25, 0.3) is 22.3 Å². The SMILES string of the molecule is O=C(c1ccc2nc(-c3ccccc3)c(CCC3CC3)nc2c1)N1CCC(c2ccccc2)CC1. The lowest BCUT2D eigenvalue weighted by Gasteiger charge is -2.32. The van der Waals surface area contributed by atoms with Gasteiger partial charge in [-0.25, -0.2) is 9.97 Å². The van der Waals surface area contributed by atoms with Crippen molar-refractivity contribution in [3.63, 3.8) is 0 Å². The molecule has 4 aromatic rings. The van der Waals surface area contributed by atoms with Gasteiger partial charge in [0.1, 0.15) is 0 Å². The predicted molar refractivity (Wildman–Crippen MR) is 140 cm³/mol. The summed E-state index contributed by atoms with van der Waals surface area (Å²) in [4.78, 5) is 25.4. The second-order valence-electron chi connectivity index (χ2n) is 10.0. The molecule has 0 atom stereocenters. The summed E-state index contributed by atoms with van der Waals surface area (Å²) < 4.78 is 0. The van der Waals surface area contributed by atoms with Gasteiger partial charge in [-0.3, -0.25) is 4.79 Å². The van der Waals surface area contributed by atoms with E-state index in [2.05, 4.69) is 54.6 Å². The molecule has 0 N–H and O–H groups in total. The van der Waals surface area contributed by atoms with E-state index in [1.54, 1.807) is 0 Å². The number of nitrogens with zero attached hydrogens (tertiary/aromatic N) is 3. The lowest BCUT2D eigenvalue weighted by atomic mass is 9.89. The molecular formula is C31H31N3O. The number of aromatic nitrogens is 2. The molecule has 1 aliphatic heterocycles. The van der Waals surface area contributed by atoms with Crippen molar-refractivity contribution in [3.8, 4) is 11.3 Å². The third-order valence-electron chi connectivity index (χ3n) is 7.57. The molecule has 2 heterocycles. The zero-order valence-electron chi connectivity index (χ0n) is 20.1. The first-order chi connectivity index (χ1) is 17.2. The van der Waals surface area contributed by atoms with Crippen molar-refractivity contribution in [3.05, 3.63) is 95.7 Å². The molecule has 1 saturated heterocycles. The number of piperidine rings is 1. The molecule has 3 aromatic carbocycles. The number of likely N-dealkylation sites (tertiary alicyclic amines) is 1. The van der Waals surface area contributed by atoms with Crippen LogP contribution in [0.2, 0.25) is 0 Å². The highest BCUT2D eigenvalue weighted by Gasteiger charge is 2.25. The maximum Gasteiger partial charge on any atom is 0.253 e. The van der Waals surface area contributed by atoms with Gasteiger partial charge in [-0.15, -0.1) is 0 Å². The van der Waals surface area contributed by atoms with E-state index >= 15 is 0 Å². The molecule has 0 bridgehead atoms. The van der Waals surface area contributed by atoms with Crippen LogP contribution in [0.1, 0.15) is 59.6 Å². The molecule has 6 rings (SSSR count). The Morgan fingerprint density at radius 2 is 1.51 bits per heavy atom. The van der Waals surface area contributed by atoms with Crippen molar-refractivity contribution < 1.29 is 4.79 Å². The Hall–Kier alpha value is -3.53. The van der Waals surface area contributed by atoms with Crippen molar-refractivity contribution in [2.24, 2.45) is 5.92 Å². The fraction of sp³-hybridized carbons (Fsp3) is 0.323. The Balaban J connectivity index is 1.24. The Labute approximate surface area is 207 Å². The molecule has 0 radical (unpaired) electrons. The van der Waals surface area contributed by atoms with Gasteiger partial charge in [0.15, 0.2) is 0 Å². The van der Waals surface area contributed by atoms with Gasteiger partial charge in [-0.1, -0.05) is 73.5 Å². The first-order valence-corrected chi connectivity index (χ1v) is 12.9. The van der Waals surface area contributed by atoms with Gasteiger partial charge in [0.05, 0.1) is 22.4 Å². The summed E-state index contributed by atoms with van der Waals surface area (Å²) in [5.41, 5.74) is 6.89. The topological polar surface area (TPSA) is 46.1 Å². The van der Waals surface area contributed by atoms with E-state index in [4.69, 9.17) is 9.97 Å². The lowest BCUT2D eigenvalue weighted by Crippen LogP contribution is -2.37. The molecule has 1 aromatic heterocycles. The van der Waals surface area contributed by atoms with E-state index in [0.29, 0.717) is 11.5 Å². The summed E-state index contributed by atoms with van der Waals surface area (Å²) in [5, 5.41) is 0. The number of hydrogen-bond donors (Lipinski definition) is 0. The summed E-state index contributed by atoms with van der Waals surface area (Å²) in [5.74, 6) is 1.47. The van der Waals surface area contributed by atoms with E-state index in [1.165, 1.54) is 18.4 Å². The number of benzene rings is 3. The molecule has 176 valence electrons. The molecule has 35 heavy (non-hydrogen) atoms. The maximum atomic E-state index is 13.4.